The quantitative estimate of drug-likeness (QED) is 0.161. The van der Waals surface area contributed by atoms with Gasteiger partial charge in [-0.25, -0.2) is 4.98 Å². The molecule has 0 bridgehead atoms. The average molecular weight is 523 g/mol. The fourth-order valence-corrected chi connectivity index (χ4v) is 5.74. The fourth-order valence-electron chi connectivity index (χ4n) is 5.74. The Hall–Kier alpha value is -3.64. The molecule has 3 aromatic rings. The topological polar surface area (TPSA) is 85.0 Å². The van der Waals surface area contributed by atoms with Crippen molar-refractivity contribution in [2.45, 2.75) is 52.4 Å². The van der Waals surface area contributed by atoms with E-state index in [0.29, 0.717) is 22.8 Å². The Balaban J connectivity index is 1.48. The lowest BCUT2D eigenvalue weighted by Gasteiger charge is -2.28. The molecule has 204 valence electrons. The standard InChI is InChI=1S/C33H42N6/c1-4-23(2)19-26(20-24(3)22-38-15-8-9-16-38)25-13-14-28(34)27(21-25)31(35)33-36-29-11-10-12-30(32(29)37-33)39-17-6-5-7-18-39/h10-14,19-21,35H,2,4-9,15-18,22,34H2,1,3H3,(H,36,37). The molecule has 4 N–H and O–H groups in total. The molecule has 3 heterocycles. The maximum absolute atomic E-state index is 9.12. The molecule has 6 nitrogen and oxygen atoms in total. The number of likely N-dealkylation sites (tertiary alicyclic amines) is 1. The van der Waals surface area contributed by atoms with E-state index in [1.165, 1.54) is 50.8 Å². The second-order valence-electron chi connectivity index (χ2n) is 11.1. The monoisotopic (exact) mass is 522 g/mol. The molecule has 0 aliphatic carbocycles. The largest absolute Gasteiger partial charge is 0.398 e. The number of nitrogens with two attached hydrogens (primary N) is 1. The van der Waals surface area contributed by atoms with Gasteiger partial charge in [-0.15, -0.1) is 0 Å². The maximum Gasteiger partial charge on any atom is 0.157 e. The number of hydrogen-bond acceptors (Lipinski definition) is 5. The van der Waals surface area contributed by atoms with Crippen LogP contribution < -0.4 is 10.6 Å². The van der Waals surface area contributed by atoms with Crippen molar-refractivity contribution < 1.29 is 0 Å². The molecule has 2 aliphatic rings. The Bertz CT molecular complexity index is 1410. The van der Waals surface area contributed by atoms with Crippen LogP contribution in [0, 0.1) is 5.41 Å². The summed E-state index contributed by atoms with van der Waals surface area (Å²) in [7, 11) is 0. The van der Waals surface area contributed by atoms with E-state index >= 15 is 0 Å². The first kappa shape index (κ1) is 26.9. The number of benzene rings is 2. The average Bonchev–Trinajstić information content (AvgIpc) is 3.63. The lowest BCUT2D eigenvalue weighted by molar-refractivity contribution is 0.368. The Labute approximate surface area is 232 Å². The maximum atomic E-state index is 9.12. The predicted molar refractivity (Wildman–Crippen MR) is 166 cm³/mol. The molecule has 0 unspecified atom stereocenters. The zero-order valence-electron chi connectivity index (χ0n) is 23.5. The highest BCUT2D eigenvalue weighted by Crippen LogP contribution is 2.30. The number of hydrogen-bond donors (Lipinski definition) is 3. The molecule has 0 saturated carbocycles. The van der Waals surface area contributed by atoms with Gasteiger partial charge in [0.2, 0.25) is 0 Å². The first-order chi connectivity index (χ1) is 18.9. The number of piperidine rings is 1. The van der Waals surface area contributed by atoms with Crippen molar-refractivity contribution in [2.75, 3.05) is 43.4 Å². The van der Waals surface area contributed by atoms with Gasteiger partial charge in [0.15, 0.2) is 5.82 Å². The SMILES string of the molecule is C=C(C=C(C=C(C)CN1CCCC1)c1ccc(N)c(C(=N)c2nc3c(N4CCCCC4)cccc3[nH]2)c1)CC. The van der Waals surface area contributed by atoms with Crippen LogP contribution in [0.1, 0.15) is 69.3 Å². The van der Waals surface area contributed by atoms with E-state index in [1.807, 2.05) is 24.3 Å². The Morgan fingerprint density at radius 3 is 2.54 bits per heavy atom. The molecule has 2 aliphatic heterocycles. The summed E-state index contributed by atoms with van der Waals surface area (Å²) in [6.45, 7) is 14.0. The third-order valence-corrected chi connectivity index (χ3v) is 7.97. The van der Waals surface area contributed by atoms with E-state index in [0.717, 1.165) is 59.5 Å². The van der Waals surface area contributed by atoms with Crippen molar-refractivity contribution >= 4 is 33.7 Å². The van der Waals surface area contributed by atoms with E-state index in [9.17, 15) is 0 Å². The second kappa shape index (κ2) is 12.0. The minimum Gasteiger partial charge on any atom is -0.398 e. The third kappa shape index (κ3) is 6.17. The van der Waals surface area contributed by atoms with Crippen molar-refractivity contribution in [2.24, 2.45) is 0 Å². The normalized spacial score (nSPS) is 17.2. The van der Waals surface area contributed by atoms with Crippen molar-refractivity contribution in [1.29, 1.82) is 5.41 Å². The van der Waals surface area contributed by atoms with Gasteiger partial charge in [0.25, 0.3) is 0 Å². The summed E-state index contributed by atoms with van der Waals surface area (Å²) in [6, 6.07) is 12.2. The van der Waals surface area contributed by atoms with E-state index < -0.39 is 0 Å². The first-order valence-electron chi connectivity index (χ1n) is 14.4. The molecule has 39 heavy (non-hydrogen) atoms. The van der Waals surface area contributed by atoms with Crippen LogP contribution >= 0.6 is 0 Å². The molecule has 5 rings (SSSR count). The highest BCUT2D eigenvalue weighted by atomic mass is 15.1. The van der Waals surface area contributed by atoms with E-state index in [-0.39, 0.29) is 0 Å². The molecule has 0 atom stereocenters. The fraction of sp³-hybridized carbons (Fsp3) is 0.394. The van der Waals surface area contributed by atoms with Gasteiger partial charge >= 0.3 is 0 Å². The number of fused-ring (bicyclic) bond motifs is 1. The molecule has 0 amide bonds. The van der Waals surface area contributed by atoms with Crippen LogP contribution in [0.15, 0.2) is 66.3 Å². The summed E-state index contributed by atoms with van der Waals surface area (Å²) >= 11 is 0. The molecule has 2 fully saturated rings. The van der Waals surface area contributed by atoms with Gasteiger partial charge in [-0.3, -0.25) is 10.3 Å². The van der Waals surface area contributed by atoms with Crippen molar-refractivity contribution in [1.82, 2.24) is 14.9 Å². The molecule has 0 radical (unpaired) electrons. The number of aromatic amines is 1. The highest BCUT2D eigenvalue weighted by molar-refractivity contribution is 6.13. The van der Waals surface area contributed by atoms with Crippen LogP contribution in [-0.2, 0) is 0 Å². The lowest BCUT2D eigenvalue weighted by atomic mass is 9.96. The van der Waals surface area contributed by atoms with Crippen LogP contribution in [0.25, 0.3) is 16.6 Å². The summed E-state index contributed by atoms with van der Waals surface area (Å²) in [4.78, 5) is 13.3. The van der Waals surface area contributed by atoms with Crippen molar-refractivity contribution in [3.8, 4) is 0 Å². The predicted octanol–water partition coefficient (Wildman–Crippen LogP) is 6.94. The smallest absolute Gasteiger partial charge is 0.157 e. The van der Waals surface area contributed by atoms with Crippen LogP contribution in [0.5, 0.6) is 0 Å². The number of aromatic nitrogens is 2. The number of rotatable bonds is 9. The van der Waals surface area contributed by atoms with Crippen LogP contribution in [0.3, 0.4) is 0 Å². The molecular weight excluding hydrogens is 480 g/mol. The van der Waals surface area contributed by atoms with Crippen molar-refractivity contribution in [3.05, 3.63) is 83.2 Å². The minimum atomic E-state index is 0.307. The lowest BCUT2D eigenvalue weighted by Crippen LogP contribution is -2.29. The van der Waals surface area contributed by atoms with Gasteiger partial charge in [-0.1, -0.05) is 48.9 Å². The van der Waals surface area contributed by atoms with Gasteiger partial charge in [0, 0.05) is 30.9 Å². The molecule has 6 heteroatoms. The van der Waals surface area contributed by atoms with E-state index in [1.54, 1.807) is 0 Å². The summed E-state index contributed by atoms with van der Waals surface area (Å²) in [5.74, 6) is 0.544. The molecule has 0 spiro atoms. The zero-order chi connectivity index (χ0) is 27.4. The summed E-state index contributed by atoms with van der Waals surface area (Å²) in [5, 5.41) is 9.12. The number of nitrogens with one attached hydrogen (secondary N) is 2. The molecule has 1 aromatic heterocycles. The Morgan fingerprint density at radius 2 is 1.79 bits per heavy atom. The summed E-state index contributed by atoms with van der Waals surface area (Å²) in [6.07, 6.45) is 11.6. The number of nitrogen functional groups attached to an aromatic ring is 1. The first-order valence-corrected chi connectivity index (χ1v) is 14.4. The second-order valence-corrected chi connectivity index (χ2v) is 11.1. The zero-order valence-corrected chi connectivity index (χ0v) is 23.5. The van der Waals surface area contributed by atoms with Crippen molar-refractivity contribution in [3.63, 3.8) is 0 Å². The van der Waals surface area contributed by atoms with Gasteiger partial charge in [-0.05, 0) is 93.9 Å². The molecule has 2 saturated heterocycles. The summed E-state index contributed by atoms with van der Waals surface area (Å²) in [5.41, 5.74) is 15.6. The number of anilines is 2. The van der Waals surface area contributed by atoms with Gasteiger partial charge in [0.1, 0.15) is 11.2 Å². The molecule has 2 aromatic carbocycles. The number of allylic oxidation sites excluding steroid dienone is 4. The van der Waals surface area contributed by atoms with Gasteiger partial charge in [0.05, 0.1) is 11.2 Å². The third-order valence-electron chi connectivity index (χ3n) is 7.97. The van der Waals surface area contributed by atoms with Gasteiger partial charge < -0.3 is 15.6 Å². The minimum absolute atomic E-state index is 0.307. The number of H-pyrrole nitrogens is 1. The highest BCUT2D eigenvalue weighted by Gasteiger charge is 2.19. The van der Waals surface area contributed by atoms with Crippen LogP contribution in [0.2, 0.25) is 0 Å². The van der Waals surface area contributed by atoms with Gasteiger partial charge in [-0.2, -0.15) is 0 Å². The Morgan fingerprint density at radius 1 is 1.05 bits per heavy atom. The van der Waals surface area contributed by atoms with E-state index in [4.69, 9.17) is 16.1 Å². The number of imidazole rings is 1. The Kier molecular flexibility index (Phi) is 8.32. The van der Waals surface area contributed by atoms with Crippen LogP contribution in [-0.4, -0.2) is 53.3 Å². The molecular formula is C33H42N6. The number of nitrogens with zero attached hydrogens (tertiary/aromatic N) is 3. The number of para-hydroxylation sites is 1. The van der Waals surface area contributed by atoms with E-state index in [2.05, 4.69) is 59.5 Å². The summed E-state index contributed by atoms with van der Waals surface area (Å²) < 4.78 is 0. The van der Waals surface area contributed by atoms with Crippen LogP contribution in [0.4, 0.5) is 11.4 Å².